The summed E-state index contributed by atoms with van der Waals surface area (Å²) in [5, 5.41) is 2.73. The summed E-state index contributed by atoms with van der Waals surface area (Å²) in [6.07, 6.45) is -0.574. The zero-order chi connectivity index (χ0) is 27.2. The molecule has 3 rings (SSSR count). The first-order valence-electron chi connectivity index (χ1n) is 11.7. The number of methoxy groups -OCH3 is 2. The predicted octanol–water partition coefficient (Wildman–Crippen LogP) is 6.18. The maximum Gasteiger partial charge on any atom is 0.412 e. The van der Waals surface area contributed by atoms with Crippen LogP contribution in [-0.2, 0) is 15.9 Å². The molecule has 3 aromatic carbocycles. The van der Waals surface area contributed by atoms with E-state index in [1.807, 2.05) is 0 Å². The third-order valence-electron chi connectivity index (χ3n) is 5.52. The smallest absolute Gasteiger partial charge is 0.412 e. The molecule has 3 aromatic rings. The average molecular weight is 508 g/mol. The van der Waals surface area contributed by atoms with Crippen LogP contribution in [0.15, 0.2) is 66.7 Å². The normalized spacial score (nSPS) is 11.8. The van der Waals surface area contributed by atoms with Crippen LogP contribution in [0.2, 0.25) is 0 Å². The van der Waals surface area contributed by atoms with Crippen LogP contribution in [0.25, 0.3) is 0 Å². The van der Waals surface area contributed by atoms with Gasteiger partial charge in [0, 0.05) is 11.6 Å². The van der Waals surface area contributed by atoms with Crippen molar-refractivity contribution < 1.29 is 33.0 Å². The molecule has 194 valence electrons. The number of amides is 1. The van der Waals surface area contributed by atoms with Gasteiger partial charge in [0.1, 0.15) is 17.2 Å². The molecule has 0 heterocycles. The average Bonchev–Trinajstić information content (AvgIpc) is 2.86. The van der Waals surface area contributed by atoms with Gasteiger partial charge in [0.15, 0.2) is 5.78 Å². The van der Waals surface area contributed by atoms with Gasteiger partial charge < -0.3 is 14.2 Å². The molecule has 7 nitrogen and oxygen atoms in total. The highest BCUT2D eigenvalue weighted by Crippen LogP contribution is 2.34. The van der Waals surface area contributed by atoms with Crippen LogP contribution >= 0.6 is 0 Å². The van der Waals surface area contributed by atoms with Crippen molar-refractivity contribution in [2.45, 2.75) is 38.7 Å². The van der Waals surface area contributed by atoms with Gasteiger partial charge in [0.25, 0.3) is 0 Å². The quantitative estimate of drug-likeness (QED) is 0.289. The molecule has 0 aliphatic heterocycles. The van der Waals surface area contributed by atoms with E-state index in [0.717, 1.165) is 0 Å². The van der Waals surface area contributed by atoms with Gasteiger partial charge in [-0.1, -0.05) is 42.5 Å². The Labute approximate surface area is 215 Å². The summed E-state index contributed by atoms with van der Waals surface area (Å²) in [4.78, 5) is 38.5. The van der Waals surface area contributed by atoms with E-state index in [4.69, 9.17) is 9.47 Å². The molecule has 0 fully saturated rings. The number of carbonyl (C=O) groups excluding carboxylic acids is 3. The molecule has 1 amide bonds. The molecule has 0 bridgehead atoms. The minimum Gasteiger partial charge on any atom is -0.497 e. The molecular weight excluding hydrogens is 477 g/mol. The Morgan fingerprint density at radius 1 is 0.946 bits per heavy atom. The lowest BCUT2D eigenvalue weighted by Crippen LogP contribution is -2.28. The van der Waals surface area contributed by atoms with Gasteiger partial charge in [-0.3, -0.25) is 10.1 Å². The van der Waals surface area contributed by atoms with E-state index < -0.39 is 29.4 Å². The number of ketones is 1. The second-order valence-electron chi connectivity index (χ2n) is 9.37. The molecule has 0 aliphatic rings. The number of carbonyl (C=O) groups is 3. The fraction of sp³-hybridized carbons (Fsp3) is 0.276. The number of halogens is 1. The first-order chi connectivity index (χ1) is 17.5. The van der Waals surface area contributed by atoms with E-state index in [1.54, 1.807) is 69.3 Å². The number of esters is 1. The molecule has 0 spiro atoms. The Morgan fingerprint density at radius 3 is 2.27 bits per heavy atom. The molecule has 1 unspecified atom stereocenters. The van der Waals surface area contributed by atoms with Gasteiger partial charge in [0.05, 0.1) is 31.4 Å². The van der Waals surface area contributed by atoms with E-state index in [0.29, 0.717) is 28.1 Å². The standard InChI is InChI=1S/C29H30FNO6/c1-29(2,3)37-28(34)31-25-17-20(35-4)12-13-21(25)22(26(32)19-9-7-6-8-10-19)15-18-11-14-24(30)23(16-18)27(33)36-5/h6-14,16-17,22H,15H2,1-5H3,(H,31,34). The molecule has 37 heavy (non-hydrogen) atoms. The predicted molar refractivity (Wildman–Crippen MR) is 138 cm³/mol. The van der Waals surface area contributed by atoms with Crippen molar-refractivity contribution in [1.29, 1.82) is 0 Å². The fourth-order valence-corrected chi connectivity index (χ4v) is 3.84. The van der Waals surface area contributed by atoms with Crippen LogP contribution < -0.4 is 10.1 Å². The van der Waals surface area contributed by atoms with E-state index >= 15 is 0 Å². The second-order valence-corrected chi connectivity index (χ2v) is 9.37. The Kier molecular flexibility index (Phi) is 8.65. The van der Waals surface area contributed by atoms with Crippen LogP contribution in [0.1, 0.15) is 58.5 Å². The van der Waals surface area contributed by atoms with Crippen molar-refractivity contribution in [3.05, 3.63) is 94.8 Å². The van der Waals surface area contributed by atoms with Crippen LogP contribution in [0.5, 0.6) is 5.75 Å². The summed E-state index contributed by atoms with van der Waals surface area (Å²) >= 11 is 0. The number of anilines is 1. The zero-order valence-electron chi connectivity index (χ0n) is 21.5. The molecule has 0 saturated heterocycles. The van der Waals surface area contributed by atoms with Crippen molar-refractivity contribution in [3.63, 3.8) is 0 Å². The highest BCUT2D eigenvalue weighted by Gasteiger charge is 2.28. The lowest BCUT2D eigenvalue weighted by atomic mass is 9.84. The molecular formula is C29H30FNO6. The van der Waals surface area contributed by atoms with Crippen molar-refractivity contribution in [2.24, 2.45) is 0 Å². The maximum atomic E-state index is 14.3. The minimum absolute atomic E-state index is 0.118. The number of ether oxygens (including phenoxy) is 3. The number of hydrogen-bond donors (Lipinski definition) is 1. The molecule has 0 aliphatic carbocycles. The SMILES string of the molecule is COC(=O)c1cc(CC(C(=O)c2ccccc2)c2ccc(OC)cc2NC(=O)OC(C)(C)C)ccc1F. The van der Waals surface area contributed by atoms with Gasteiger partial charge in [-0.25, -0.2) is 14.0 Å². The number of hydrogen-bond acceptors (Lipinski definition) is 6. The van der Waals surface area contributed by atoms with Crippen molar-refractivity contribution >= 4 is 23.5 Å². The van der Waals surface area contributed by atoms with Gasteiger partial charge in [-0.2, -0.15) is 0 Å². The Hall–Kier alpha value is -4.20. The third-order valence-corrected chi connectivity index (χ3v) is 5.52. The number of benzene rings is 3. The zero-order valence-corrected chi connectivity index (χ0v) is 21.5. The van der Waals surface area contributed by atoms with Crippen LogP contribution in [-0.4, -0.2) is 37.7 Å². The van der Waals surface area contributed by atoms with E-state index in [2.05, 4.69) is 10.1 Å². The lowest BCUT2D eigenvalue weighted by molar-refractivity contribution is 0.0593. The van der Waals surface area contributed by atoms with Gasteiger partial charge in [-0.05, 0) is 56.5 Å². The van der Waals surface area contributed by atoms with Crippen LogP contribution in [0, 0.1) is 5.82 Å². The highest BCUT2D eigenvalue weighted by atomic mass is 19.1. The second kappa shape index (κ2) is 11.7. The maximum absolute atomic E-state index is 14.3. The van der Waals surface area contributed by atoms with Gasteiger partial charge in [-0.15, -0.1) is 0 Å². The molecule has 0 radical (unpaired) electrons. The molecule has 1 N–H and O–H groups in total. The topological polar surface area (TPSA) is 90.9 Å². The van der Waals surface area contributed by atoms with Crippen LogP contribution in [0.3, 0.4) is 0 Å². The minimum atomic E-state index is -0.818. The Bertz CT molecular complexity index is 1280. The van der Waals surface area contributed by atoms with E-state index in [-0.39, 0.29) is 17.8 Å². The van der Waals surface area contributed by atoms with E-state index in [9.17, 15) is 18.8 Å². The summed E-state index contributed by atoms with van der Waals surface area (Å²) in [5.74, 6) is -2.09. The third kappa shape index (κ3) is 7.16. The molecule has 0 aromatic heterocycles. The van der Waals surface area contributed by atoms with Crippen LogP contribution in [0.4, 0.5) is 14.9 Å². The number of Topliss-reactive ketones (excluding diaryl/α,β-unsaturated/α-hetero) is 1. The lowest BCUT2D eigenvalue weighted by Gasteiger charge is -2.23. The van der Waals surface area contributed by atoms with Crippen molar-refractivity contribution in [2.75, 3.05) is 19.5 Å². The first kappa shape index (κ1) is 27.4. The van der Waals surface area contributed by atoms with Gasteiger partial charge in [0.2, 0.25) is 0 Å². The Morgan fingerprint density at radius 2 is 1.65 bits per heavy atom. The van der Waals surface area contributed by atoms with E-state index in [1.165, 1.54) is 32.4 Å². The number of rotatable bonds is 8. The molecule has 1 atom stereocenters. The number of nitrogens with one attached hydrogen (secondary N) is 1. The molecule has 8 heteroatoms. The monoisotopic (exact) mass is 507 g/mol. The fourth-order valence-electron chi connectivity index (χ4n) is 3.84. The summed E-state index contributed by atoms with van der Waals surface area (Å²) in [5.41, 5.74) is 0.869. The summed E-state index contributed by atoms with van der Waals surface area (Å²) < 4.78 is 29.7. The highest BCUT2D eigenvalue weighted by molar-refractivity contribution is 6.02. The largest absolute Gasteiger partial charge is 0.497 e. The molecule has 0 saturated carbocycles. The van der Waals surface area contributed by atoms with Crippen molar-refractivity contribution in [1.82, 2.24) is 0 Å². The van der Waals surface area contributed by atoms with Gasteiger partial charge >= 0.3 is 12.1 Å². The summed E-state index contributed by atoms with van der Waals surface area (Å²) in [6, 6.07) is 17.7. The van der Waals surface area contributed by atoms with Crippen molar-refractivity contribution in [3.8, 4) is 5.75 Å². The first-order valence-corrected chi connectivity index (χ1v) is 11.7. The summed E-state index contributed by atoms with van der Waals surface area (Å²) in [6.45, 7) is 5.23. The Balaban J connectivity index is 2.10. The summed E-state index contributed by atoms with van der Waals surface area (Å²) in [7, 11) is 2.66.